The second kappa shape index (κ2) is 5.91. The number of carbonyl (C=O) groups is 1. The van der Waals surface area contributed by atoms with Gasteiger partial charge >= 0.3 is 0 Å². The molecule has 1 aliphatic rings. The van der Waals surface area contributed by atoms with Gasteiger partial charge in [-0.05, 0) is 29.7 Å². The molecule has 0 amide bonds. The van der Waals surface area contributed by atoms with Crippen molar-refractivity contribution in [2.45, 2.75) is 0 Å². The van der Waals surface area contributed by atoms with Gasteiger partial charge in [0.15, 0.2) is 5.78 Å². The third-order valence-electron chi connectivity index (χ3n) is 3.12. The van der Waals surface area contributed by atoms with E-state index in [2.05, 4.69) is 0 Å². The molecule has 1 aromatic carbocycles. The highest BCUT2D eigenvalue weighted by molar-refractivity contribution is 7.13. The zero-order chi connectivity index (χ0) is 14.7. The zero-order valence-electron chi connectivity index (χ0n) is 11.1. The van der Waals surface area contributed by atoms with E-state index in [4.69, 9.17) is 0 Å². The maximum Gasteiger partial charge on any atom is 0.187 e. The minimum Gasteiger partial charge on any atom is -0.289 e. The van der Waals surface area contributed by atoms with Crippen LogP contribution >= 0.6 is 11.3 Å². The largest absolute Gasteiger partial charge is 0.289 e. The number of hydrogen-bond acceptors (Lipinski definition) is 4. The quantitative estimate of drug-likeness (QED) is 0.682. The second-order valence-electron chi connectivity index (χ2n) is 4.51. The van der Waals surface area contributed by atoms with Crippen LogP contribution in [0.4, 0.5) is 5.69 Å². The van der Waals surface area contributed by atoms with Gasteiger partial charge in [0.25, 0.3) is 0 Å². The Bertz CT molecular complexity index is 742. The van der Waals surface area contributed by atoms with Gasteiger partial charge in [0.1, 0.15) is 0 Å². The van der Waals surface area contributed by atoms with Crippen molar-refractivity contribution in [2.24, 2.45) is 0 Å². The maximum absolute atomic E-state index is 11.7. The van der Waals surface area contributed by atoms with Gasteiger partial charge in [-0.3, -0.25) is 10.0 Å². The van der Waals surface area contributed by atoms with Crippen LogP contribution in [0.2, 0.25) is 0 Å². The molecule has 1 N–H and O–H groups in total. The highest BCUT2D eigenvalue weighted by Crippen LogP contribution is 2.33. The minimum atomic E-state index is -0.120. The monoisotopic (exact) mass is 295 g/mol. The Balaban J connectivity index is 1.98. The van der Waals surface area contributed by atoms with E-state index in [0.29, 0.717) is 11.3 Å². The highest BCUT2D eigenvalue weighted by atomic mass is 32.1. The smallest absolute Gasteiger partial charge is 0.187 e. The van der Waals surface area contributed by atoms with Crippen LogP contribution in [-0.4, -0.2) is 11.0 Å². The Morgan fingerprint density at radius 2 is 1.86 bits per heavy atom. The summed E-state index contributed by atoms with van der Waals surface area (Å²) >= 11 is 1.60. The number of rotatable bonds is 3. The van der Waals surface area contributed by atoms with Crippen molar-refractivity contribution in [1.82, 2.24) is 0 Å². The van der Waals surface area contributed by atoms with E-state index in [1.54, 1.807) is 29.6 Å². The fourth-order valence-electron chi connectivity index (χ4n) is 2.10. The van der Waals surface area contributed by atoms with E-state index in [0.717, 1.165) is 15.5 Å². The summed E-state index contributed by atoms with van der Waals surface area (Å²) < 4.78 is 0. The van der Waals surface area contributed by atoms with Gasteiger partial charge in [-0.15, -0.1) is 11.3 Å². The van der Waals surface area contributed by atoms with Crippen molar-refractivity contribution < 1.29 is 10.0 Å². The lowest BCUT2D eigenvalue weighted by Crippen LogP contribution is -2.13. The lowest BCUT2D eigenvalue weighted by Gasteiger charge is -2.17. The Kier molecular flexibility index (Phi) is 3.81. The molecule has 0 radical (unpaired) electrons. The number of para-hydroxylation sites is 1. The standard InChI is InChI=1S/C17H13NO2S/c19-16-9-4-1-6-13(16)12-18(20)15-8-3-2-7-14(15)17-10-5-11-21-17/h1-12,20H. The normalized spacial score (nSPS) is 15.7. The van der Waals surface area contributed by atoms with Crippen molar-refractivity contribution in [3.05, 3.63) is 77.9 Å². The first-order chi connectivity index (χ1) is 10.3. The first kappa shape index (κ1) is 13.5. The van der Waals surface area contributed by atoms with Crippen LogP contribution in [-0.2, 0) is 4.79 Å². The second-order valence-corrected chi connectivity index (χ2v) is 5.45. The number of ketones is 1. The molecule has 104 valence electrons. The topological polar surface area (TPSA) is 40.5 Å². The van der Waals surface area contributed by atoms with Crippen molar-refractivity contribution >= 4 is 22.8 Å². The number of thiophene rings is 1. The molecule has 0 atom stereocenters. The Morgan fingerprint density at radius 3 is 2.62 bits per heavy atom. The lowest BCUT2D eigenvalue weighted by atomic mass is 10.1. The average molecular weight is 295 g/mol. The molecule has 3 nitrogen and oxygen atoms in total. The average Bonchev–Trinajstić information content (AvgIpc) is 3.04. The molecular weight excluding hydrogens is 282 g/mol. The molecule has 1 aromatic heterocycles. The molecular formula is C17H13NO2S. The van der Waals surface area contributed by atoms with E-state index in [1.807, 2.05) is 41.8 Å². The summed E-state index contributed by atoms with van der Waals surface area (Å²) in [5.41, 5.74) is 2.01. The summed E-state index contributed by atoms with van der Waals surface area (Å²) in [5, 5.41) is 13.3. The fourth-order valence-corrected chi connectivity index (χ4v) is 2.86. The molecule has 4 heteroatoms. The molecule has 0 saturated heterocycles. The van der Waals surface area contributed by atoms with E-state index >= 15 is 0 Å². The molecule has 1 aliphatic carbocycles. The first-order valence-corrected chi connectivity index (χ1v) is 7.35. The predicted molar refractivity (Wildman–Crippen MR) is 85.4 cm³/mol. The fraction of sp³-hybridized carbons (Fsp3) is 0. The van der Waals surface area contributed by atoms with Crippen molar-refractivity contribution in [3.8, 4) is 10.4 Å². The van der Waals surface area contributed by atoms with E-state index in [9.17, 15) is 10.0 Å². The van der Waals surface area contributed by atoms with Gasteiger partial charge in [0.05, 0.1) is 5.69 Å². The Morgan fingerprint density at radius 1 is 1.05 bits per heavy atom. The first-order valence-electron chi connectivity index (χ1n) is 6.47. The van der Waals surface area contributed by atoms with E-state index in [1.165, 1.54) is 12.3 Å². The van der Waals surface area contributed by atoms with Gasteiger partial charge in [0.2, 0.25) is 0 Å². The summed E-state index contributed by atoms with van der Waals surface area (Å²) in [4.78, 5) is 12.8. The van der Waals surface area contributed by atoms with Crippen molar-refractivity contribution in [3.63, 3.8) is 0 Å². The van der Waals surface area contributed by atoms with Crippen LogP contribution < -0.4 is 5.06 Å². The number of hydrogen-bond donors (Lipinski definition) is 1. The molecule has 3 rings (SSSR count). The minimum absolute atomic E-state index is 0.120. The summed E-state index contributed by atoms with van der Waals surface area (Å²) in [6.07, 6.45) is 8.05. The summed E-state index contributed by atoms with van der Waals surface area (Å²) in [7, 11) is 0. The Labute approximate surface area is 126 Å². The maximum atomic E-state index is 11.7. The third-order valence-corrected chi connectivity index (χ3v) is 4.02. The van der Waals surface area contributed by atoms with Crippen molar-refractivity contribution in [1.29, 1.82) is 0 Å². The molecule has 2 aromatic rings. The SMILES string of the molecule is O=C1C=CC=CC1=CN(O)c1ccccc1-c1cccs1. The van der Waals surface area contributed by atoms with E-state index < -0.39 is 0 Å². The molecule has 0 unspecified atom stereocenters. The number of hydroxylamine groups is 1. The van der Waals surface area contributed by atoms with Crippen molar-refractivity contribution in [2.75, 3.05) is 5.06 Å². The van der Waals surface area contributed by atoms with Crippen LogP contribution in [0, 0.1) is 0 Å². The molecule has 0 spiro atoms. The molecule has 0 bridgehead atoms. The lowest BCUT2D eigenvalue weighted by molar-refractivity contribution is -0.111. The third kappa shape index (κ3) is 2.86. The number of benzene rings is 1. The van der Waals surface area contributed by atoms with Gasteiger partial charge in [0, 0.05) is 22.2 Å². The molecule has 0 saturated carbocycles. The number of allylic oxidation sites excluding steroid dienone is 5. The van der Waals surface area contributed by atoms with Crippen LogP contribution in [0.5, 0.6) is 0 Å². The van der Waals surface area contributed by atoms with Crippen LogP contribution in [0.15, 0.2) is 77.9 Å². The summed E-state index contributed by atoms with van der Waals surface area (Å²) in [5.74, 6) is -0.120. The molecule has 0 aliphatic heterocycles. The number of nitrogens with zero attached hydrogens (tertiary/aromatic N) is 1. The van der Waals surface area contributed by atoms with Gasteiger partial charge < -0.3 is 0 Å². The summed E-state index contributed by atoms with van der Waals surface area (Å²) in [6, 6.07) is 11.5. The molecule has 1 heterocycles. The van der Waals surface area contributed by atoms with Gasteiger partial charge in [-0.1, -0.05) is 36.4 Å². The predicted octanol–water partition coefficient (Wildman–Crippen LogP) is 4.19. The van der Waals surface area contributed by atoms with Crippen LogP contribution in [0.1, 0.15) is 0 Å². The highest BCUT2D eigenvalue weighted by Gasteiger charge is 2.12. The number of anilines is 1. The number of carbonyl (C=O) groups excluding carboxylic acids is 1. The summed E-state index contributed by atoms with van der Waals surface area (Å²) in [6.45, 7) is 0. The Hall–Kier alpha value is -2.43. The zero-order valence-corrected chi connectivity index (χ0v) is 12.0. The van der Waals surface area contributed by atoms with Crippen LogP contribution in [0.3, 0.4) is 0 Å². The van der Waals surface area contributed by atoms with Gasteiger partial charge in [-0.2, -0.15) is 0 Å². The van der Waals surface area contributed by atoms with E-state index in [-0.39, 0.29) is 5.78 Å². The van der Waals surface area contributed by atoms with Gasteiger partial charge in [-0.25, -0.2) is 5.06 Å². The van der Waals surface area contributed by atoms with Crippen LogP contribution in [0.25, 0.3) is 10.4 Å². The molecule has 0 fully saturated rings. The molecule has 21 heavy (non-hydrogen) atoms.